The Kier molecular flexibility index (Phi) is 6.80. The number of hydrogen-bond acceptors (Lipinski definition) is 3. The van der Waals surface area contributed by atoms with Crippen LogP contribution in [0.5, 0.6) is 0 Å². The van der Waals surface area contributed by atoms with Crippen LogP contribution >= 0.6 is 23.8 Å². The largest absolute Gasteiger partial charge is 0.342 e. The van der Waals surface area contributed by atoms with Crippen LogP contribution in [-0.2, 0) is 0 Å². The summed E-state index contributed by atoms with van der Waals surface area (Å²) in [5, 5.41) is 7.31. The van der Waals surface area contributed by atoms with Crippen LogP contribution in [0.25, 0.3) is 0 Å². The number of hydrogen-bond donors (Lipinski definition) is 2. The van der Waals surface area contributed by atoms with Crippen molar-refractivity contribution in [1.29, 1.82) is 0 Å². The molecule has 2 heterocycles. The summed E-state index contributed by atoms with van der Waals surface area (Å²) in [6, 6.07) is 9.39. The Morgan fingerprint density at radius 1 is 1.21 bits per heavy atom. The molecule has 2 aromatic rings. The third-order valence-corrected chi connectivity index (χ3v) is 5.01. The number of likely N-dealkylation sites (tertiary alicyclic amines) is 1. The first-order valence-corrected chi connectivity index (χ1v) is 10.2. The molecule has 0 aliphatic carbocycles. The van der Waals surface area contributed by atoms with Gasteiger partial charge in [0.25, 0.3) is 0 Å². The maximum Gasteiger partial charge on any atom is 0.229 e. The predicted molar refractivity (Wildman–Crippen MR) is 120 cm³/mol. The van der Waals surface area contributed by atoms with Crippen molar-refractivity contribution in [2.24, 2.45) is 10.9 Å². The highest BCUT2D eigenvalue weighted by Gasteiger charge is 2.21. The molecule has 1 fully saturated rings. The van der Waals surface area contributed by atoms with Crippen LogP contribution in [0.4, 0.5) is 11.6 Å². The van der Waals surface area contributed by atoms with Crippen molar-refractivity contribution in [3.05, 3.63) is 46.7 Å². The lowest BCUT2D eigenvalue weighted by molar-refractivity contribution is 0.273. The zero-order valence-corrected chi connectivity index (χ0v) is 17.9. The van der Waals surface area contributed by atoms with Gasteiger partial charge in [0.15, 0.2) is 0 Å². The van der Waals surface area contributed by atoms with Crippen LogP contribution in [0.2, 0.25) is 5.02 Å². The van der Waals surface area contributed by atoms with Gasteiger partial charge in [-0.1, -0.05) is 30.7 Å². The third-order valence-electron chi connectivity index (χ3n) is 4.49. The highest BCUT2D eigenvalue weighted by Crippen LogP contribution is 2.21. The summed E-state index contributed by atoms with van der Waals surface area (Å²) in [5.74, 6) is 1.77. The Bertz CT molecular complexity index is 864. The van der Waals surface area contributed by atoms with Gasteiger partial charge >= 0.3 is 0 Å². The summed E-state index contributed by atoms with van der Waals surface area (Å²) in [6.07, 6.45) is 2.33. The molecule has 28 heavy (non-hydrogen) atoms. The van der Waals surface area contributed by atoms with Gasteiger partial charge in [-0.05, 0) is 63.0 Å². The summed E-state index contributed by atoms with van der Waals surface area (Å²) < 4.78 is 0. The van der Waals surface area contributed by atoms with Crippen LogP contribution in [0, 0.1) is 19.8 Å². The molecule has 0 saturated carbocycles. The van der Waals surface area contributed by atoms with E-state index in [1.54, 1.807) is 0 Å². The topological polar surface area (TPSA) is 65.4 Å². The molecular formula is C20H25ClN6S. The van der Waals surface area contributed by atoms with Gasteiger partial charge in [-0.25, -0.2) is 9.97 Å². The number of thiocarbonyl (C=S) groups is 1. The lowest BCUT2D eigenvalue weighted by Gasteiger charge is -2.33. The van der Waals surface area contributed by atoms with E-state index in [9.17, 15) is 0 Å². The molecule has 0 bridgehead atoms. The van der Waals surface area contributed by atoms with Crippen LogP contribution in [0.1, 0.15) is 31.2 Å². The van der Waals surface area contributed by atoms with Gasteiger partial charge in [-0.3, -0.25) is 5.32 Å². The smallest absolute Gasteiger partial charge is 0.229 e. The maximum absolute atomic E-state index is 6.22. The number of benzene rings is 1. The van der Waals surface area contributed by atoms with E-state index in [1.807, 2.05) is 44.2 Å². The number of nitrogens with one attached hydrogen (secondary N) is 2. The first-order valence-electron chi connectivity index (χ1n) is 9.39. The summed E-state index contributed by atoms with van der Waals surface area (Å²) in [7, 11) is 0. The molecular weight excluding hydrogens is 392 g/mol. The second kappa shape index (κ2) is 9.30. The Morgan fingerprint density at radius 2 is 1.93 bits per heavy atom. The lowest BCUT2D eigenvalue weighted by Crippen LogP contribution is -2.43. The average Bonchev–Trinajstić information content (AvgIpc) is 2.62. The van der Waals surface area contributed by atoms with E-state index in [1.165, 1.54) is 6.42 Å². The molecule has 1 atom stereocenters. The Labute approximate surface area is 176 Å². The predicted octanol–water partition coefficient (Wildman–Crippen LogP) is 4.64. The van der Waals surface area contributed by atoms with Crippen molar-refractivity contribution in [2.75, 3.05) is 23.7 Å². The van der Waals surface area contributed by atoms with Crippen LogP contribution in [-0.4, -0.2) is 39.0 Å². The Hall–Kier alpha value is -2.25. The van der Waals surface area contributed by atoms with Gasteiger partial charge in [0.1, 0.15) is 0 Å². The minimum absolute atomic E-state index is 0.332. The van der Waals surface area contributed by atoms with Crippen molar-refractivity contribution < 1.29 is 0 Å². The number of para-hydroxylation sites is 1. The summed E-state index contributed by atoms with van der Waals surface area (Å²) in [4.78, 5) is 15.8. The number of rotatable bonds is 2. The average molecular weight is 417 g/mol. The van der Waals surface area contributed by atoms with E-state index in [0.29, 0.717) is 28.0 Å². The highest BCUT2D eigenvalue weighted by atomic mass is 35.5. The summed E-state index contributed by atoms with van der Waals surface area (Å²) in [6.45, 7) is 7.96. The van der Waals surface area contributed by atoms with Crippen LogP contribution < -0.4 is 10.6 Å². The molecule has 1 aliphatic heterocycles. The number of nitrogens with zero attached hydrogens (tertiary/aromatic N) is 4. The van der Waals surface area contributed by atoms with Crippen LogP contribution in [0.3, 0.4) is 0 Å². The van der Waals surface area contributed by atoms with E-state index in [0.717, 1.165) is 36.6 Å². The molecule has 1 aromatic heterocycles. The monoisotopic (exact) mass is 416 g/mol. The van der Waals surface area contributed by atoms with Crippen molar-refractivity contribution in [3.8, 4) is 0 Å². The second-order valence-corrected chi connectivity index (χ2v) is 7.93. The van der Waals surface area contributed by atoms with E-state index in [2.05, 4.69) is 37.4 Å². The zero-order valence-electron chi connectivity index (χ0n) is 16.4. The molecule has 2 N–H and O–H groups in total. The first-order chi connectivity index (χ1) is 13.4. The zero-order chi connectivity index (χ0) is 20.1. The standard InChI is InChI=1S/C20H25ClN6S/c1-13-7-6-10-27(12-13)19(25-18-22-14(2)11-15(3)23-18)26-20(28)24-17-9-5-4-8-16(17)21/h4-5,8-9,11,13H,6-7,10,12H2,1-3H3,(H2,22,23,24,25,26,28). The molecule has 1 aliphatic rings. The molecule has 0 radical (unpaired) electrons. The molecule has 0 amide bonds. The highest BCUT2D eigenvalue weighted by molar-refractivity contribution is 7.80. The minimum Gasteiger partial charge on any atom is -0.342 e. The van der Waals surface area contributed by atoms with Crippen molar-refractivity contribution >= 4 is 46.5 Å². The fourth-order valence-corrected chi connectivity index (χ4v) is 3.62. The van der Waals surface area contributed by atoms with E-state index in [-0.39, 0.29) is 0 Å². The van der Waals surface area contributed by atoms with Gasteiger partial charge < -0.3 is 10.2 Å². The SMILES string of the molecule is Cc1cc(C)nc(N/C(=N/C(=S)Nc2ccccc2Cl)N2CCCC(C)C2)n1. The number of halogens is 1. The normalized spacial score (nSPS) is 17.4. The molecule has 1 aromatic carbocycles. The van der Waals surface area contributed by atoms with Gasteiger partial charge in [-0.2, -0.15) is 4.99 Å². The van der Waals surface area contributed by atoms with Crippen molar-refractivity contribution in [2.45, 2.75) is 33.6 Å². The molecule has 0 spiro atoms. The molecule has 1 unspecified atom stereocenters. The Morgan fingerprint density at radius 3 is 2.61 bits per heavy atom. The van der Waals surface area contributed by atoms with Gasteiger partial charge in [0.05, 0.1) is 10.7 Å². The summed E-state index contributed by atoms with van der Waals surface area (Å²) in [5.41, 5.74) is 2.53. The fraction of sp³-hybridized carbons (Fsp3) is 0.400. The second-order valence-electron chi connectivity index (χ2n) is 7.14. The molecule has 1 saturated heterocycles. The number of aliphatic imine (C=N–C) groups is 1. The van der Waals surface area contributed by atoms with E-state index >= 15 is 0 Å². The van der Waals surface area contributed by atoms with E-state index in [4.69, 9.17) is 23.8 Å². The minimum atomic E-state index is 0.332. The lowest BCUT2D eigenvalue weighted by atomic mass is 10.0. The Balaban J connectivity index is 1.85. The molecule has 8 heteroatoms. The fourth-order valence-electron chi connectivity index (χ4n) is 3.24. The number of aryl methyl sites for hydroxylation is 2. The number of guanidine groups is 1. The van der Waals surface area contributed by atoms with Gasteiger partial charge in [-0.15, -0.1) is 0 Å². The maximum atomic E-state index is 6.22. The quantitative estimate of drug-likeness (QED) is 0.422. The summed E-state index contributed by atoms with van der Waals surface area (Å²) >= 11 is 11.7. The molecule has 3 rings (SSSR count). The van der Waals surface area contributed by atoms with Gasteiger partial charge in [0.2, 0.25) is 17.0 Å². The number of aromatic nitrogens is 2. The van der Waals surface area contributed by atoms with E-state index < -0.39 is 0 Å². The molecule has 148 valence electrons. The first kappa shape index (κ1) is 20.5. The third kappa shape index (κ3) is 5.62. The molecule has 6 nitrogen and oxygen atoms in total. The van der Waals surface area contributed by atoms with Gasteiger partial charge in [0, 0.05) is 24.5 Å². The van der Waals surface area contributed by atoms with Crippen molar-refractivity contribution in [3.63, 3.8) is 0 Å². The number of anilines is 2. The van der Waals surface area contributed by atoms with Crippen molar-refractivity contribution in [1.82, 2.24) is 14.9 Å². The number of piperidine rings is 1. The van der Waals surface area contributed by atoms with Crippen LogP contribution in [0.15, 0.2) is 35.3 Å².